The monoisotopic (exact) mass is 483 g/mol. The minimum absolute atomic E-state index is 0.184. The zero-order chi connectivity index (χ0) is 22.7. The van der Waals surface area contributed by atoms with E-state index in [0.717, 1.165) is 13.7 Å². The van der Waals surface area contributed by atoms with Crippen molar-refractivity contribution in [1.29, 1.82) is 0 Å². The average molecular weight is 484 g/mol. The van der Waals surface area contributed by atoms with Gasteiger partial charge >= 0.3 is 17.1 Å². The van der Waals surface area contributed by atoms with Gasteiger partial charge in [-0.05, 0) is 0 Å². The van der Waals surface area contributed by atoms with E-state index >= 15 is 0 Å². The summed E-state index contributed by atoms with van der Waals surface area (Å²) in [5.41, 5.74) is -1.89. The molecule has 1 heterocycles. The summed E-state index contributed by atoms with van der Waals surface area (Å²) in [5.74, 6) is -1.31. The van der Waals surface area contributed by atoms with Gasteiger partial charge in [0.1, 0.15) is 46.3 Å². The lowest BCUT2D eigenvalue weighted by Gasteiger charge is -2.18. The average Bonchev–Trinajstić information content (AvgIpc) is 2.76. The van der Waals surface area contributed by atoms with E-state index in [9.17, 15) is 14.4 Å². The molecule has 0 aliphatic heterocycles. The largest absolute Gasteiger partial charge is 0.360 e. The van der Waals surface area contributed by atoms with Crippen LogP contribution in [-0.2, 0) is 46.9 Å². The van der Waals surface area contributed by atoms with E-state index in [1.165, 1.54) is 42.7 Å². The van der Waals surface area contributed by atoms with E-state index in [4.69, 9.17) is 28.4 Å². The Hall–Kier alpha value is -1.18. The van der Waals surface area contributed by atoms with Crippen molar-refractivity contribution in [3.8, 4) is 0 Å². The predicted octanol–water partition coefficient (Wildman–Crippen LogP) is -4.72. The van der Waals surface area contributed by atoms with Crippen molar-refractivity contribution in [1.82, 2.24) is 13.7 Å². The molecule has 0 fully saturated rings. The van der Waals surface area contributed by atoms with Crippen LogP contribution in [0.4, 0.5) is 0 Å². The summed E-state index contributed by atoms with van der Waals surface area (Å²) in [6.45, 7) is 0. The maximum atomic E-state index is 12.9. The Bertz CT molecular complexity index is 666. The lowest BCUT2D eigenvalue weighted by Crippen LogP contribution is -2.57. The summed E-state index contributed by atoms with van der Waals surface area (Å²) in [6.07, 6.45) is 0.552. The lowest BCUT2D eigenvalue weighted by atomic mass is 10.8. The highest BCUT2D eigenvalue weighted by atomic mass is 28.2. The minimum atomic E-state index is -1.12. The molecule has 15 heteroatoms. The summed E-state index contributed by atoms with van der Waals surface area (Å²) in [7, 11) is 5.66. The first-order valence-corrected chi connectivity index (χ1v) is 14.9. The molecule has 0 amide bonds. The van der Waals surface area contributed by atoms with Crippen molar-refractivity contribution in [2.75, 3.05) is 42.7 Å². The predicted molar refractivity (Wildman–Crippen MR) is 118 cm³/mol. The van der Waals surface area contributed by atoms with Crippen LogP contribution in [0.3, 0.4) is 0 Å². The van der Waals surface area contributed by atoms with Crippen molar-refractivity contribution in [3.63, 3.8) is 0 Å². The molecular formula is C15H33N3O9Si3. The number of methoxy groups -OCH3 is 6. The van der Waals surface area contributed by atoms with Crippen LogP contribution in [0.25, 0.3) is 0 Å². The van der Waals surface area contributed by atoms with Crippen molar-refractivity contribution >= 4 is 28.6 Å². The molecule has 0 radical (unpaired) electrons. The molecule has 0 aliphatic carbocycles. The molecule has 0 aromatic carbocycles. The molecule has 0 atom stereocenters. The number of nitrogens with zero attached hydrogens (tertiary/aromatic N) is 3. The van der Waals surface area contributed by atoms with Gasteiger partial charge in [-0.3, -0.25) is 0 Å². The number of rotatable bonds is 15. The highest BCUT2D eigenvalue weighted by molar-refractivity contribution is 6.35. The van der Waals surface area contributed by atoms with Gasteiger partial charge < -0.3 is 28.4 Å². The van der Waals surface area contributed by atoms with Gasteiger partial charge in [-0.15, -0.1) is 0 Å². The highest BCUT2D eigenvalue weighted by Crippen LogP contribution is 1.92. The molecule has 0 saturated carbocycles. The van der Waals surface area contributed by atoms with Gasteiger partial charge in [0.25, 0.3) is 0 Å². The second-order valence-corrected chi connectivity index (χ2v) is 11.4. The summed E-state index contributed by atoms with van der Waals surface area (Å²) in [5, 5.41) is 0. The fraction of sp³-hybridized carbons (Fsp3) is 0.800. The van der Waals surface area contributed by atoms with Gasteiger partial charge in [0.15, 0.2) is 0 Å². The second-order valence-electron chi connectivity index (χ2n) is 6.37. The fourth-order valence-corrected chi connectivity index (χ4v) is 6.92. The lowest BCUT2D eigenvalue weighted by molar-refractivity contribution is -0.0446. The van der Waals surface area contributed by atoms with Gasteiger partial charge in [0.2, 0.25) is 0 Å². The van der Waals surface area contributed by atoms with Gasteiger partial charge in [-0.25, -0.2) is 28.1 Å². The zero-order valence-electron chi connectivity index (χ0n) is 18.5. The Morgan fingerprint density at radius 1 is 0.533 bits per heavy atom. The van der Waals surface area contributed by atoms with Crippen LogP contribution in [0.15, 0.2) is 14.4 Å². The summed E-state index contributed by atoms with van der Waals surface area (Å²) in [6, 6.07) is 0. The first-order chi connectivity index (χ1) is 14.4. The van der Waals surface area contributed by atoms with Crippen LogP contribution in [0, 0.1) is 0 Å². The third kappa shape index (κ3) is 7.20. The summed E-state index contributed by atoms with van der Waals surface area (Å²) >= 11 is 0. The van der Waals surface area contributed by atoms with Crippen molar-refractivity contribution in [2.24, 2.45) is 0 Å². The van der Waals surface area contributed by atoms with Crippen LogP contribution in [0.2, 0.25) is 0 Å². The number of hydrogen-bond donors (Lipinski definition) is 0. The highest BCUT2D eigenvalue weighted by Gasteiger charge is 2.19. The zero-order valence-corrected chi connectivity index (χ0v) is 22.7. The third-order valence-electron chi connectivity index (χ3n) is 4.73. The van der Waals surface area contributed by atoms with Gasteiger partial charge in [-0.2, -0.15) is 0 Å². The number of aromatic nitrogens is 3. The smallest absolute Gasteiger partial charge is 0.335 e. The molecule has 0 aliphatic rings. The molecule has 1 aromatic heterocycles. The maximum absolute atomic E-state index is 12.9. The topological polar surface area (TPSA) is 121 Å². The molecule has 0 N–H and O–H groups in total. The van der Waals surface area contributed by atoms with Crippen molar-refractivity contribution in [3.05, 3.63) is 31.5 Å². The standard InChI is InChI=1S/C15H33N3O9Si3/c1-22-13(23-2)28-7-16-10(19)17(8-29-14(24-3)25-4)12(21)18(11(16)20)9-30-15(26-5)27-6/h13-15H,7-9,28-30H2,1-6H3. The van der Waals surface area contributed by atoms with Crippen LogP contribution in [0.1, 0.15) is 0 Å². The Morgan fingerprint density at radius 3 is 0.900 bits per heavy atom. The number of hydrogen-bond acceptors (Lipinski definition) is 9. The minimum Gasteiger partial charge on any atom is -0.360 e. The van der Waals surface area contributed by atoms with E-state index in [2.05, 4.69) is 0 Å². The first kappa shape index (κ1) is 26.9. The normalized spacial score (nSPS) is 13.1. The molecule has 30 heavy (non-hydrogen) atoms. The van der Waals surface area contributed by atoms with E-state index < -0.39 is 63.4 Å². The van der Waals surface area contributed by atoms with Gasteiger partial charge in [0, 0.05) is 61.2 Å². The second kappa shape index (κ2) is 14.0. The van der Waals surface area contributed by atoms with E-state index in [0.29, 0.717) is 0 Å². The molecule has 0 saturated heterocycles. The summed E-state index contributed by atoms with van der Waals surface area (Å²) < 4.78 is 34.5. The molecule has 1 rings (SSSR count). The van der Waals surface area contributed by atoms with E-state index in [-0.39, 0.29) is 18.5 Å². The Kier molecular flexibility index (Phi) is 12.5. The van der Waals surface area contributed by atoms with E-state index in [1.807, 2.05) is 0 Å². The van der Waals surface area contributed by atoms with Crippen LogP contribution in [0.5, 0.6) is 0 Å². The quantitative estimate of drug-likeness (QED) is 0.179. The fourth-order valence-electron chi connectivity index (χ4n) is 2.96. The molecule has 12 nitrogen and oxygen atoms in total. The Morgan fingerprint density at radius 2 is 0.733 bits per heavy atom. The molecule has 0 bridgehead atoms. The molecule has 0 unspecified atom stereocenters. The van der Waals surface area contributed by atoms with Crippen LogP contribution < -0.4 is 17.1 Å². The molecular weight excluding hydrogens is 450 g/mol. The van der Waals surface area contributed by atoms with Crippen LogP contribution >= 0.6 is 0 Å². The first-order valence-electron chi connectivity index (χ1n) is 9.49. The Labute approximate surface area is 181 Å². The Balaban J connectivity index is 3.35. The maximum Gasteiger partial charge on any atom is 0.335 e. The van der Waals surface area contributed by atoms with Crippen molar-refractivity contribution in [2.45, 2.75) is 36.2 Å². The SMILES string of the molecule is COC(OC)[SiH2]Cn1c(=O)n(C[SiH2]C(OC)OC)c(=O)n(C[SiH2]C(OC)OC)c1=O. The van der Waals surface area contributed by atoms with Gasteiger partial charge in [-0.1, -0.05) is 0 Å². The number of ether oxygens (including phenoxy) is 6. The molecule has 0 spiro atoms. The van der Waals surface area contributed by atoms with Crippen LogP contribution in [-0.4, -0.2) is 103 Å². The van der Waals surface area contributed by atoms with Crippen molar-refractivity contribution < 1.29 is 28.4 Å². The van der Waals surface area contributed by atoms with E-state index in [1.54, 1.807) is 0 Å². The molecule has 1 aromatic rings. The van der Waals surface area contributed by atoms with Gasteiger partial charge in [0.05, 0.1) is 0 Å². The third-order valence-corrected chi connectivity index (χ3v) is 10.3. The summed E-state index contributed by atoms with van der Waals surface area (Å²) in [4.78, 5) is 38.8. The molecule has 174 valence electrons.